The predicted molar refractivity (Wildman–Crippen MR) is 106 cm³/mol. The Morgan fingerprint density at radius 3 is 2.59 bits per heavy atom. The number of carbonyl (C=O) groups is 1. The number of halogens is 5. The van der Waals surface area contributed by atoms with Gasteiger partial charge in [-0.15, -0.1) is 10.2 Å². The van der Waals surface area contributed by atoms with Crippen molar-refractivity contribution in [2.75, 3.05) is 16.9 Å². The first-order valence-corrected chi connectivity index (χ1v) is 9.65. The molecule has 1 amide bonds. The van der Waals surface area contributed by atoms with Gasteiger partial charge in [-0.3, -0.25) is 4.79 Å². The number of para-hydroxylation sites is 1. The lowest BCUT2D eigenvalue weighted by Crippen LogP contribution is -2.19. The van der Waals surface area contributed by atoms with Crippen molar-refractivity contribution in [3.8, 4) is 11.4 Å². The summed E-state index contributed by atoms with van der Waals surface area (Å²) < 4.78 is 40.2. The maximum atomic E-state index is 13.0. The maximum absolute atomic E-state index is 13.0. The van der Waals surface area contributed by atoms with Crippen molar-refractivity contribution in [1.82, 2.24) is 14.9 Å². The third kappa shape index (κ3) is 4.95. The molecule has 3 rings (SSSR count). The number of benzene rings is 2. The largest absolute Gasteiger partial charge is 0.418 e. The molecule has 2 aromatic carbocycles. The number of carbonyl (C=O) groups excluding carboxylic acids is 1. The molecule has 0 aliphatic carbocycles. The van der Waals surface area contributed by atoms with Gasteiger partial charge in [-0.25, -0.2) is 4.68 Å². The number of aromatic nitrogens is 3. The summed E-state index contributed by atoms with van der Waals surface area (Å²) in [5, 5.41) is 11.0. The summed E-state index contributed by atoms with van der Waals surface area (Å²) in [7, 11) is 0. The minimum atomic E-state index is -4.58. The zero-order chi connectivity index (χ0) is 21.2. The fraction of sp³-hybridized carbons (Fsp3) is 0.118. The molecule has 0 spiro atoms. The number of nitrogens with two attached hydrogens (primary N) is 1. The van der Waals surface area contributed by atoms with Crippen LogP contribution in [-0.4, -0.2) is 26.5 Å². The molecule has 6 nitrogen and oxygen atoms in total. The third-order valence-electron chi connectivity index (χ3n) is 3.68. The van der Waals surface area contributed by atoms with Gasteiger partial charge in [0.1, 0.15) is 0 Å². The highest BCUT2D eigenvalue weighted by molar-refractivity contribution is 7.99. The second-order valence-electron chi connectivity index (χ2n) is 5.68. The molecule has 0 saturated carbocycles. The minimum absolute atomic E-state index is 0.185. The highest BCUT2D eigenvalue weighted by Gasteiger charge is 2.33. The first-order chi connectivity index (χ1) is 13.7. The zero-order valence-electron chi connectivity index (χ0n) is 14.4. The van der Waals surface area contributed by atoms with Crippen molar-refractivity contribution in [1.29, 1.82) is 0 Å². The Bertz CT molecular complexity index is 1060. The first-order valence-electron chi connectivity index (χ1n) is 7.91. The first kappa shape index (κ1) is 21.3. The van der Waals surface area contributed by atoms with Gasteiger partial charge in [0.05, 0.1) is 22.0 Å². The molecule has 0 aliphatic heterocycles. The van der Waals surface area contributed by atoms with Crippen LogP contribution in [0.1, 0.15) is 5.56 Å². The molecule has 0 unspecified atom stereocenters. The van der Waals surface area contributed by atoms with E-state index in [0.717, 1.165) is 22.5 Å². The molecule has 0 radical (unpaired) electrons. The number of nitrogen functional groups attached to an aromatic ring is 1. The van der Waals surface area contributed by atoms with Crippen LogP contribution in [0.3, 0.4) is 0 Å². The van der Waals surface area contributed by atoms with Gasteiger partial charge in [-0.05, 0) is 30.3 Å². The van der Waals surface area contributed by atoms with Crippen molar-refractivity contribution in [2.24, 2.45) is 0 Å². The number of nitrogens with one attached hydrogen (secondary N) is 1. The highest BCUT2D eigenvalue weighted by atomic mass is 35.5. The van der Waals surface area contributed by atoms with Crippen LogP contribution < -0.4 is 11.2 Å². The van der Waals surface area contributed by atoms with Crippen molar-refractivity contribution in [3.63, 3.8) is 0 Å². The van der Waals surface area contributed by atoms with Crippen molar-refractivity contribution < 1.29 is 18.0 Å². The van der Waals surface area contributed by atoms with E-state index in [4.69, 9.17) is 29.0 Å². The molecule has 1 heterocycles. The lowest BCUT2D eigenvalue weighted by molar-refractivity contribution is -0.137. The summed E-state index contributed by atoms with van der Waals surface area (Å²) in [4.78, 5) is 12.1. The summed E-state index contributed by atoms with van der Waals surface area (Å²) >= 11 is 12.9. The predicted octanol–water partition coefficient (Wildman–Crippen LogP) is 4.72. The molecule has 3 N–H and O–H groups in total. The van der Waals surface area contributed by atoms with Crippen molar-refractivity contribution in [3.05, 3.63) is 58.1 Å². The van der Waals surface area contributed by atoms with E-state index >= 15 is 0 Å². The van der Waals surface area contributed by atoms with Crippen LogP contribution in [0, 0.1) is 0 Å². The number of alkyl halides is 3. The standard InChI is InChI=1S/C17H12Cl2F3N5OS/c18-9-5-6-10(12(19)7-9)15-25-26-16(27(15)23)29-8-14(28)24-13-4-2-1-3-11(13)17(20,21)22/h1-7H,8,23H2,(H,24,28). The van der Waals surface area contributed by atoms with Crippen LogP contribution in [0.25, 0.3) is 11.4 Å². The number of anilines is 1. The molecule has 3 aromatic rings. The molecule has 1 aromatic heterocycles. The number of hydrogen-bond donors (Lipinski definition) is 2. The van der Waals surface area contributed by atoms with E-state index in [1.54, 1.807) is 12.1 Å². The SMILES string of the molecule is Nn1c(SCC(=O)Nc2ccccc2C(F)(F)F)nnc1-c1ccc(Cl)cc1Cl. The number of thioether (sulfide) groups is 1. The molecule has 12 heteroatoms. The lowest BCUT2D eigenvalue weighted by Gasteiger charge is -2.13. The van der Waals surface area contributed by atoms with Gasteiger partial charge < -0.3 is 11.2 Å². The Labute approximate surface area is 177 Å². The Morgan fingerprint density at radius 2 is 1.90 bits per heavy atom. The summed E-state index contributed by atoms with van der Waals surface area (Å²) in [6.07, 6.45) is -4.58. The van der Waals surface area contributed by atoms with Gasteiger partial charge in [-0.1, -0.05) is 47.1 Å². The Morgan fingerprint density at radius 1 is 1.17 bits per heavy atom. The van der Waals surface area contributed by atoms with Gasteiger partial charge >= 0.3 is 6.18 Å². The van der Waals surface area contributed by atoms with Crippen molar-refractivity contribution in [2.45, 2.75) is 11.3 Å². The van der Waals surface area contributed by atoms with Gasteiger partial charge in [-0.2, -0.15) is 13.2 Å². The van der Waals surface area contributed by atoms with Gasteiger partial charge in [0.15, 0.2) is 5.82 Å². The molecule has 0 atom stereocenters. The second kappa shape index (κ2) is 8.52. The number of nitrogens with zero attached hydrogens (tertiary/aromatic N) is 3. The second-order valence-corrected chi connectivity index (χ2v) is 7.47. The number of rotatable bonds is 5. The average Bonchev–Trinajstić information content (AvgIpc) is 3.00. The molecule has 29 heavy (non-hydrogen) atoms. The van der Waals surface area contributed by atoms with E-state index in [-0.39, 0.29) is 22.4 Å². The molecular weight excluding hydrogens is 450 g/mol. The van der Waals surface area contributed by atoms with Crippen LogP contribution in [-0.2, 0) is 11.0 Å². The highest BCUT2D eigenvalue weighted by Crippen LogP contribution is 2.35. The van der Waals surface area contributed by atoms with E-state index in [1.807, 2.05) is 0 Å². The molecule has 0 saturated heterocycles. The number of amides is 1. The van der Waals surface area contributed by atoms with Crippen LogP contribution >= 0.6 is 35.0 Å². The van der Waals surface area contributed by atoms with E-state index in [2.05, 4.69) is 15.5 Å². The third-order valence-corrected chi connectivity index (χ3v) is 5.17. The van der Waals surface area contributed by atoms with Gasteiger partial charge in [0.25, 0.3) is 0 Å². The van der Waals surface area contributed by atoms with Crippen molar-refractivity contribution >= 4 is 46.6 Å². The van der Waals surface area contributed by atoms with Gasteiger partial charge in [0, 0.05) is 10.6 Å². The normalized spacial score (nSPS) is 11.5. The fourth-order valence-electron chi connectivity index (χ4n) is 2.39. The molecule has 0 bridgehead atoms. The van der Waals surface area contributed by atoms with E-state index in [0.29, 0.717) is 15.6 Å². The van der Waals surface area contributed by atoms with E-state index < -0.39 is 17.6 Å². The zero-order valence-corrected chi connectivity index (χ0v) is 16.7. The Kier molecular flexibility index (Phi) is 6.25. The Balaban J connectivity index is 1.70. The monoisotopic (exact) mass is 461 g/mol. The van der Waals surface area contributed by atoms with Crippen LogP contribution in [0.2, 0.25) is 10.0 Å². The quantitative estimate of drug-likeness (QED) is 0.424. The van der Waals surface area contributed by atoms with E-state index in [1.165, 1.54) is 24.3 Å². The topological polar surface area (TPSA) is 85.8 Å². The minimum Gasteiger partial charge on any atom is -0.335 e. The Hall–Kier alpha value is -2.43. The summed E-state index contributed by atoms with van der Waals surface area (Å²) in [5.41, 5.74) is -0.769. The summed E-state index contributed by atoms with van der Waals surface area (Å²) in [6, 6.07) is 9.46. The maximum Gasteiger partial charge on any atom is 0.418 e. The summed E-state index contributed by atoms with van der Waals surface area (Å²) in [5.74, 6) is 5.33. The average molecular weight is 462 g/mol. The smallest absolute Gasteiger partial charge is 0.335 e. The molecule has 0 fully saturated rings. The van der Waals surface area contributed by atoms with Gasteiger partial charge in [0.2, 0.25) is 11.1 Å². The number of hydrogen-bond acceptors (Lipinski definition) is 5. The molecule has 152 valence electrons. The lowest BCUT2D eigenvalue weighted by atomic mass is 10.1. The summed E-state index contributed by atoms with van der Waals surface area (Å²) in [6.45, 7) is 0. The van der Waals surface area contributed by atoms with E-state index in [9.17, 15) is 18.0 Å². The molecular formula is C17H12Cl2F3N5OS. The molecule has 0 aliphatic rings. The van der Waals surface area contributed by atoms with Crippen LogP contribution in [0.15, 0.2) is 47.6 Å². The fourth-order valence-corrected chi connectivity index (χ4v) is 3.54. The van der Waals surface area contributed by atoms with Crippen LogP contribution in [0.4, 0.5) is 18.9 Å². The van der Waals surface area contributed by atoms with Crippen LogP contribution in [0.5, 0.6) is 0 Å².